The maximum atomic E-state index is 10.6. The van der Waals surface area contributed by atoms with Crippen molar-refractivity contribution in [2.24, 2.45) is 0 Å². The number of halogens is 2. The molecule has 0 aliphatic carbocycles. The summed E-state index contributed by atoms with van der Waals surface area (Å²) < 4.78 is 0.636. The van der Waals surface area contributed by atoms with Crippen molar-refractivity contribution in [1.82, 2.24) is 0 Å². The van der Waals surface area contributed by atoms with E-state index in [0.717, 1.165) is 5.56 Å². The average Bonchev–Trinajstić information content (AvgIpc) is 1.83. The Labute approximate surface area is 70.4 Å². The van der Waals surface area contributed by atoms with Gasteiger partial charge < -0.3 is 5.21 Å². The van der Waals surface area contributed by atoms with Crippen LogP contribution >= 0.6 is 24.0 Å². The molecule has 0 bridgehead atoms. The molecule has 56 valence electrons. The van der Waals surface area contributed by atoms with Crippen LogP contribution in [0.25, 0.3) is 0 Å². The van der Waals surface area contributed by atoms with Gasteiger partial charge in [0.1, 0.15) is 0 Å². The molecule has 0 atom stereocenters. The molecule has 0 unspecified atom stereocenters. The minimum atomic E-state index is 0. The van der Waals surface area contributed by atoms with Gasteiger partial charge in [0.25, 0.3) is 5.15 Å². The second kappa shape index (κ2) is 3.64. The van der Waals surface area contributed by atoms with E-state index in [0.29, 0.717) is 4.73 Å². The van der Waals surface area contributed by atoms with Crippen molar-refractivity contribution in [1.29, 1.82) is 0 Å². The zero-order valence-electron chi connectivity index (χ0n) is 5.37. The van der Waals surface area contributed by atoms with Crippen molar-refractivity contribution < 1.29 is 4.73 Å². The Morgan fingerprint density at radius 1 is 1.60 bits per heavy atom. The van der Waals surface area contributed by atoms with Crippen molar-refractivity contribution >= 4 is 24.0 Å². The Hall–Kier alpha value is -0.470. The zero-order valence-corrected chi connectivity index (χ0v) is 6.95. The Bertz CT molecular complexity index is 207. The van der Waals surface area contributed by atoms with Crippen molar-refractivity contribution in [3.63, 3.8) is 0 Å². The summed E-state index contributed by atoms with van der Waals surface area (Å²) in [7, 11) is 0. The summed E-state index contributed by atoms with van der Waals surface area (Å²) in [5.74, 6) is 0. The van der Waals surface area contributed by atoms with Crippen LogP contribution in [0.2, 0.25) is 5.15 Å². The fourth-order valence-electron chi connectivity index (χ4n) is 0.574. The summed E-state index contributed by atoms with van der Waals surface area (Å²) in [4.78, 5) is 0. The molecule has 1 heterocycles. The molecule has 0 radical (unpaired) electrons. The summed E-state index contributed by atoms with van der Waals surface area (Å²) in [6.45, 7) is 1.79. The molecular weight excluding hydrogens is 173 g/mol. The highest BCUT2D eigenvalue weighted by Gasteiger charge is 2.01. The maximum absolute atomic E-state index is 10.6. The second-order valence-electron chi connectivity index (χ2n) is 1.81. The summed E-state index contributed by atoms with van der Waals surface area (Å²) in [6, 6.07) is 3.45. The predicted octanol–water partition coefficient (Wildman–Crippen LogP) is 1.70. The van der Waals surface area contributed by atoms with Gasteiger partial charge in [-0.25, -0.2) is 0 Å². The molecule has 0 aromatic carbocycles. The standard InChI is InChI=1S/C6H6ClNO.ClH/c1-5-3-2-4-8(9)6(5)7;/h2-4H,1H3;1H. The smallest absolute Gasteiger partial charge is 0.289 e. The Balaban J connectivity index is 0.000000810. The van der Waals surface area contributed by atoms with Gasteiger partial charge in [-0.15, -0.1) is 12.4 Å². The first kappa shape index (κ1) is 9.53. The first-order chi connectivity index (χ1) is 4.22. The molecule has 0 spiro atoms. The molecule has 4 heteroatoms. The Kier molecular flexibility index (Phi) is 3.47. The highest BCUT2D eigenvalue weighted by molar-refractivity contribution is 6.29. The summed E-state index contributed by atoms with van der Waals surface area (Å²) in [5.41, 5.74) is 0.800. The fraction of sp³-hybridized carbons (Fsp3) is 0.167. The summed E-state index contributed by atoms with van der Waals surface area (Å²) in [6.07, 6.45) is 1.37. The molecular formula is C6H7Cl2NO. The van der Waals surface area contributed by atoms with Crippen LogP contribution in [-0.4, -0.2) is 0 Å². The number of rotatable bonds is 0. The molecule has 1 aromatic rings. The number of hydrogen-bond acceptors (Lipinski definition) is 1. The topological polar surface area (TPSA) is 26.9 Å². The third-order valence-electron chi connectivity index (χ3n) is 1.09. The van der Waals surface area contributed by atoms with Crippen LogP contribution < -0.4 is 4.73 Å². The summed E-state index contributed by atoms with van der Waals surface area (Å²) in [5, 5.41) is 10.9. The van der Waals surface area contributed by atoms with Crippen LogP contribution in [-0.2, 0) is 0 Å². The van der Waals surface area contributed by atoms with E-state index in [-0.39, 0.29) is 17.6 Å². The molecule has 0 aliphatic heterocycles. The number of aromatic nitrogens is 1. The highest BCUT2D eigenvalue weighted by atomic mass is 35.5. The van der Waals surface area contributed by atoms with Gasteiger partial charge in [0.15, 0.2) is 6.20 Å². The number of aryl methyl sites for hydroxylation is 1. The van der Waals surface area contributed by atoms with Crippen LogP contribution in [0.15, 0.2) is 18.3 Å². The van der Waals surface area contributed by atoms with E-state index >= 15 is 0 Å². The fourth-order valence-corrected chi connectivity index (χ4v) is 0.693. The Morgan fingerprint density at radius 2 is 2.20 bits per heavy atom. The van der Waals surface area contributed by atoms with Gasteiger partial charge in [0.2, 0.25) is 0 Å². The van der Waals surface area contributed by atoms with E-state index in [2.05, 4.69) is 0 Å². The van der Waals surface area contributed by atoms with E-state index in [4.69, 9.17) is 11.6 Å². The lowest BCUT2D eigenvalue weighted by molar-refractivity contribution is -0.603. The first-order valence-electron chi connectivity index (χ1n) is 2.56. The molecule has 0 aliphatic rings. The van der Waals surface area contributed by atoms with Crippen molar-refractivity contribution in [3.05, 3.63) is 34.3 Å². The van der Waals surface area contributed by atoms with E-state index in [1.54, 1.807) is 19.1 Å². The van der Waals surface area contributed by atoms with E-state index < -0.39 is 0 Å². The molecule has 1 aromatic heterocycles. The molecule has 0 fully saturated rings. The molecule has 10 heavy (non-hydrogen) atoms. The minimum absolute atomic E-state index is 0. The van der Waals surface area contributed by atoms with Gasteiger partial charge in [-0.1, -0.05) is 0 Å². The molecule has 0 N–H and O–H groups in total. The third-order valence-corrected chi connectivity index (χ3v) is 1.55. The normalized spacial score (nSPS) is 8.60. The predicted molar refractivity (Wildman–Crippen MR) is 42.4 cm³/mol. The molecule has 2 nitrogen and oxygen atoms in total. The SMILES string of the molecule is Cc1ccc[n+]([O-])c1Cl.Cl. The zero-order chi connectivity index (χ0) is 6.85. The van der Waals surface area contributed by atoms with Crippen molar-refractivity contribution in [3.8, 4) is 0 Å². The number of hydrogen-bond donors (Lipinski definition) is 0. The molecule has 0 saturated heterocycles. The largest absolute Gasteiger partial charge is 0.618 e. The number of pyridine rings is 1. The molecule has 0 amide bonds. The molecule has 1 rings (SSSR count). The molecule has 0 saturated carbocycles. The third kappa shape index (κ3) is 1.75. The van der Waals surface area contributed by atoms with Gasteiger partial charge in [0, 0.05) is 11.6 Å². The van der Waals surface area contributed by atoms with Gasteiger partial charge in [-0.2, -0.15) is 4.73 Å². The maximum Gasteiger partial charge on any atom is 0.289 e. The van der Waals surface area contributed by atoms with E-state index in [1.807, 2.05) is 0 Å². The number of nitrogens with zero attached hydrogens (tertiary/aromatic N) is 1. The lowest BCUT2D eigenvalue weighted by Gasteiger charge is -1.97. The first-order valence-corrected chi connectivity index (χ1v) is 2.94. The quantitative estimate of drug-likeness (QED) is 0.339. The van der Waals surface area contributed by atoms with E-state index in [9.17, 15) is 5.21 Å². The lowest BCUT2D eigenvalue weighted by Crippen LogP contribution is -2.26. The minimum Gasteiger partial charge on any atom is -0.618 e. The van der Waals surface area contributed by atoms with Crippen molar-refractivity contribution in [2.75, 3.05) is 0 Å². The average molecular weight is 180 g/mol. The van der Waals surface area contributed by atoms with Crippen molar-refractivity contribution in [2.45, 2.75) is 6.92 Å². The Morgan fingerprint density at radius 3 is 2.60 bits per heavy atom. The second-order valence-corrected chi connectivity index (χ2v) is 2.17. The van der Waals surface area contributed by atoms with Crippen LogP contribution in [0.1, 0.15) is 5.56 Å². The van der Waals surface area contributed by atoms with E-state index in [1.165, 1.54) is 6.20 Å². The van der Waals surface area contributed by atoms with Crippen LogP contribution in [0.5, 0.6) is 0 Å². The van der Waals surface area contributed by atoms with Gasteiger partial charge in [0.05, 0.1) is 0 Å². The van der Waals surface area contributed by atoms with Crippen LogP contribution in [0.4, 0.5) is 0 Å². The van der Waals surface area contributed by atoms with Gasteiger partial charge in [-0.05, 0) is 24.6 Å². The van der Waals surface area contributed by atoms with Gasteiger partial charge >= 0.3 is 0 Å². The van der Waals surface area contributed by atoms with Crippen LogP contribution in [0.3, 0.4) is 0 Å². The highest BCUT2D eigenvalue weighted by Crippen LogP contribution is 2.06. The lowest BCUT2D eigenvalue weighted by atomic mass is 10.3. The summed E-state index contributed by atoms with van der Waals surface area (Å²) >= 11 is 5.53. The van der Waals surface area contributed by atoms with Crippen LogP contribution in [0, 0.1) is 12.1 Å². The monoisotopic (exact) mass is 179 g/mol. The van der Waals surface area contributed by atoms with Gasteiger partial charge in [-0.3, -0.25) is 0 Å².